The van der Waals surface area contributed by atoms with Gasteiger partial charge in [-0.25, -0.2) is 0 Å². The number of rotatable bonds is 5. The molecule has 23 heavy (non-hydrogen) atoms. The number of hydrogen-bond donors (Lipinski definition) is 2. The number of ether oxygens (including phenoxy) is 1. The maximum absolute atomic E-state index is 12.2. The van der Waals surface area contributed by atoms with Gasteiger partial charge in [-0.3, -0.25) is 4.79 Å². The lowest BCUT2D eigenvalue weighted by atomic mass is 10.00. The Morgan fingerprint density at radius 2 is 2.09 bits per heavy atom. The Kier molecular flexibility index (Phi) is 5.69. The van der Waals surface area contributed by atoms with Crippen LogP contribution in [0.3, 0.4) is 0 Å². The Labute approximate surface area is 139 Å². The lowest BCUT2D eigenvalue weighted by Gasteiger charge is -2.24. The predicted molar refractivity (Wildman–Crippen MR) is 93.3 cm³/mol. The van der Waals surface area contributed by atoms with Gasteiger partial charge in [0.2, 0.25) is 5.91 Å². The number of nitrogens with one attached hydrogen (secondary N) is 1. The van der Waals surface area contributed by atoms with Crippen LogP contribution in [0.5, 0.6) is 5.75 Å². The lowest BCUT2D eigenvalue weighted by molar-refractivity contribution is -0.122. The number of nitrogens with two attached hydrogens (primary N) is 1. The van der Waals surface area contributed by atoms with E-state index in [4.69, 9.17) is 10.5 Å². The van der Waals surface area contributed by atoms with E-state index >= 15 is 0 Å². The SMILES string of the molecule is Cc1ccc(CNC(=O)C[C@@H]2CCC[C@H]2N)c(OC(C)(C)C)c1. The van der Waals surface area contributed by atoms with Crippen LogP contribution in [0.1, 0.15) is 57.6 Å². The summed E-state index contributed by atoms with van der Waals surface area (Å²) in [6.45, 7) is 8.61. The quantitative estimate of drug-likeness (QED) is 0.875. The number of amides is 1. The molecule has 0 bridgehead atoms. The first-order chi connectivity index (χ1) is 10.7. The van der Waals surface area contributed by atoms with Crippen molar-refractivity contribution in [3.8, 4) is 5.75 Å². The molecule has 0 heterocycles. The summed E-state index contributed by atoms with van der Waals surface area (Å²) in [4.78, 5) is 12.2. The van der Waals surface area contributed by atoms with Crippen molar-refractivity contribution in [1.29, 1.82) is 0 Å². The molecule has 1 aromatic rings. The van der Waals surface area contributed by atoms with Crippen LogP contribution in [0.25, 0.3) is 0 Å². The highest BCUT2D eigenvalue weighted by molar-refractivity contribution is 5.76. The van der Waals surface area contributed by atoms with Crippen molar-refractivity contribution in [3.63, 3.8) is 0 Å². The molecule has 1 saturated carbocycles. The molecule has 1 aliphatic rings. The average Bonchev–Trinajstić information content (AvgIpc) is 2.81. The summed E-state index contributed by atoms with van der Waals surface area (Å²) in [7, 11) is 0. The fourth-order valence-electron chi connectivity index (χ4n) is 3.06. The van der Waals surface area contributed by atoms with E-state index in [0.29, 0.717) is 18.9 Å². The zero-order valence-electron chi connectivity index (χ0n) is 14.8. The van der Waals surface area contributed by atoms with Crippen LogP contribution in [0.15, 0.2) is 18.2 Å². The van der Waals surface area contributed by atoms with Gasteiger partial charge in [-0.05, 0) is 58.1 Å². The fourth-order valence-corrected chi connectivity index (χ4v) is 3.06. The molecule has 0 unspecified atom stereocenters. The van der Waals surface area contributed by atoms with Crippen molar-refractivity contribution < 1.29 is 9.53 Å². The number of benzene rings is 1. The van der Waals surface area contributed by atoms with Gasteiger partial charge < -0.3 is 15.8 Å². The largest absolute Gasteiger partial charge is 0.488 e. The van der Waals surface area contributed by atoms with E-state index in [1.54, 1.807) is 0 Å². The molecule has 128 valence electrons. The van der Waals surface area contributed by atoms with Crippen LogP contribution >= 0.6 is 0 Å². The van der Waals surface area contributed by atoms with Crippen molar-refractivity contribution in [3.05, 3.63) is 29.3 Å². The summed E-state index contributed by atoms with van der Waals surface area (Å²) >= 11 is 0. The van der Waals surface area contributed by atoms with E-state index in [2.05, 4.69) is 5.32 Å². The number of aryl methyl sites for hydroxylation is 1. The van der Waals surface area contributed by atoms with Crippen LogP contribution in [-0.2, 0) is 11.3 Å². The molecular formula is C19H30N2O2. The van der Waals surface area contributed by atoms with E-state index in [1.807, 2.05) is 45.9 Å². The zero-order valence-corrected chi connectivity index (χ0v) is 14.8. The highest BCUT2D eigenvalue weighted by Gasteiger charge is 2.26. The molecule has 1 aliphatic carbocycles. The predicted octanol–water partition coefficient (Wildman–Crippen LogP) is 3.31. The normalized spacial score (nSPS) is 21.3. The van der Waals surface area contributed by atoms with E-state index in [0.717, 1.165) is 36.1 Å². The van der Waals surface area contributed by atoms with Crippen molar-refractivity contribution in [1.82, 2.24) is 5.32 Å². The molecule has 0 radical (unpaired) electrons. The Bertz CT molecular complexity index is 549. The minimum atomic E-state index is -0.261. The van der Waals surface area contributed by atoms with Gasteiger partial charge in [0.05, 0.1) is 0 Å². The van der Waals surface area contributed by atoms with Crippen LogP contribution in [0.2, 0.25) is 0 Å². The second-order valence-electron chi connectivity index (χ2n) is 7.66. The first kappa shape index (κ1) is 17.8. The van der Waals surface area contributed by atoms with Crippen molar-refractivity contribution in [2.75, 3.05) is 0 Å². The molecule has 2 atom stereocenters. The third-order valence-corrected chi connectivity index (χ3v) is 4.28. The summed E-state index contributed by atoms with van der Waals surface area (Å²) in [5, 5.41) is 3.02. The van der Waals surface area contributed by atoms with E-state index < -0.39 is 0 Å². The Balaban J connectivity index is 1.95. The Hall–Kier alpha value is -1.55. The standard InChI is InChI=1S/C19H30N2O2/c1-13-8-9-15(17(10-13)23-19(2,3)4)12-21-18(22)11-14-6-5-7-16(14)20/h8-10,14,16H,5-7,11-12,20H2,1-4H3,(H,21,22)/t14-,16+/m0/s1. The van der Waals surface area contributed by atoms with Gasteiger partial charge in [-0.15, -0.1) is 0 Å². The first-order valence-corrected chi connectivity index (χ1v) is 8.55. The summed E-state index contributed by atoms with van der Waals surface area (Å²) in [5.74, 6) is 1.25. The van der Waals surface area contributed by atoms with Gasteiger partial charge in [0.25, 0.3) is 0 Å². The molecule has 0 saturated heterocycles. The van der Waals surface area contributed by atoms with Crippen LogP contribution in [0.4, 0.5) is 0 Å². The van der Waals surface area contributed by atoms with Gasteiger partial charge >= 0.3 is 0 Å². The second-order valence-corrected chi connectivity index (χ2v) is 7.66. The second kappa shape index (κ2) is 7.35. The molecule has 1 fully saturated rings. The number of carbonyl (C=O) groups is 1. The Morgan fingerprint density at radius 3 is 2.70 bits per heavy atom. The Morgan fingerprint density at radius 1 is 1.35 bits per heavy atom. The minimum Gasteiger partial charge on any atom is -0.488 e. The molecule has 0 aromatic heterocycles. The topological polar surface area (TPSA) is 64.4 Å². The highest BCUT2D eigenvalue weighted by atomic mass is 16.5. The first-order valence-electron chi connectivity index (χ1n) is 8.55. The van der Waals surface area contributed by atoms with Crippen molar-refractivity contribution in [2.24, 2.45) is 11.7 Å². The maximum atomic E-state index is 12.2. The van der Waals surface area contributed by atoms with Crippen LogP contribution < -0.4 is 15.8 Å². The summed E-state index contributed by atoms with van der Waals surface area (Å²) in [6, 6.07) is 6.28. The molecule has 0 aliphatic heterocycles. The molecule has 1 aromatic carbocycles. The van der Waals surface area contributed by atoms with E-state index in [-0.39, 0.29) is 17.6 Å². The minimum absolute atomic E-state index is 0.0784. The third-order valence-electron chi connectivity index (χ3n) is 4.28. The fraction of sp³-hybridized carbons (Fsp3) is 0.632. The van der Waals surface area contributed by atoms with Gasteiger partial charge in [0.15, 0.2) is 0 Å². The van der Waals surface area contributed by atoms with E-state index in [9.17, 15) is 4.79 Å². The molecule has 4 heteroatoms. The van der Waals surface area contributed by atoms with Crippen LogP contribution in [-0.4, -0.2) is 17.6 Å². The lowest BCUT2D eigenvalue weighted by Crippen LogP contribution is -2.31. The summed E-state index contributed by atoms with van der Waals surface area (Å²) < 4.78 is 6.03. The monoisotopic (exact) mass is 318 g/mol. The molecule has 2 rings (SSSR count). The zero-order chi connectivity index (χ0) is 17.0. The average molecular weight is 318 g/mol. The molecule has 3 N–H and O–H groups in total. The smallest absolute Gasteiger partial charge is 0.220 e. The molecule has 4 nitrogen and oxygen atoms in total. The highest BCUT2D eigenvalue weighted by Crippen LogP contribution is 2.27. The summed E-state index contributed by atoms with van der Waals surface area (Å²) in [5.41, 5.74) is 7.94. The van der Waals surface area contributed by atoms with Gasteiger partial charge in [-0.1, -0.05) is 18.6 Å². The van der Waals surface area contributed by atoms with Gasteiger partial charge in [0, 0.05) is 24.6 Å². The molecular weight excluding hydrogens is 288 g/mol. The van der Waals surface area contributed by atoms with Gasteiger partial charge in [0.1, 0.15) is 11.4 Å². The summed E-state index contributed by atoms with van der Waals surface area (Å²) in [6.07, 6.45) is 3.78. The molecule has 1 amide bonds. The molecule has 0 spiro atoms. The van der Waals surface area contributed by atoms with Crippen molar-refractivity contribution in [2.45, 2.75) is 71.6 Å². The van der Waals surface area contributed by atoms with Gasteiger partial charge in [-0.2, -0.15) is 0 Å². The maximum Gasteiger partial charge on any atom is 0.220 e. The van der Waals surface area contributed by atoms with Crippen molar-refractivity contribution >= 4 is 5.91 Å². The van der Waals surface area contributed by atoms with Crippen LogP contribution in [0, 0.1) is 12.8 Å². The number of carbonyl (C=O) groups excluding carboxylic acids is 1. The third kappa shape index (κ3) is 5.54. The van der Waals surface area contributed by atoms with E-state index in [1.165, 1.54) is 0 Å². The number of hydrogen-bond acceptors (Lipinski definition) is 3.